The van der Waals surface area contributed by atoms with Crippen LogP contribution in [0, 0.1) is 5.41 Å². The second-order valence-corrected chi connectivity index (χ2v) is 6.11. The third-order valence-corrected chi connectivity index (χ3v) is 3.46. The molecule has 0 unspecified atom stereocenters. The van der Waals surface area contributed by atoms with Crippen molar-refractivity contribution >= 4 is 11.8 Å². The molecule has 0 atom stereocenters. The molecule has 0 bridgehead atoms. The number of rotatable bonds is 9. The standard InChI is InChI=1S/C12H28N2S/c1-12(2,11-13)7-5-6-8-14(3)9-10-15-4/h5-11,13H2,1-4H3. The lowest BCUT2D eigenvalue weighted by atomic mass is 9.87. The van der Waals surface area contributed by atoms with Crippen LogP contribution in [0.25, 0.3) is 0 Å². The Balaban J connectivity index is 3.37. The highest BCUT2D eigenvalue weighted by Crippen LogP contribution is 2.21. The van der Waals surface area contributed by atoms with Gasteiger partial charge in [-0.25, -0.2) is 0 Å². The Hall–Kier alpha value is 0.270. The van der Waals surface area contributed by atoms with Gasteiger partial charge >= 0.3 is 0 Å². The van der Waals surface area contributed by atoms with Gasteiger partial charge in [0.15, 0.2) is 0 Å². The molecule has 0 aromatic carbocycles. The van der Waals surface area contributed by atoms with Crippen molar-refractivity contribution in [3.05, 3.63) is 0 Å². The van der Waals surface area contributed by atoms with Crippen LogP contribution in [0.3, 0.4) is 0 Å². The number of nitrogens with two attached hydrogens (primary N) is 1. The normalized spacial score (nSPS) is 12.4. The van der Waals surface area contributed by atoms with E-state index in [9.17, 15) is 0 Å². The van der Waals surface area contributed by atoms with Gasteiger partial charge in [0.25, 0.3) is 0 Å². The van der Waals surface area contributed by atoms with Crippen LogP contribution in [-0.2, 0) is 0 Å². The largest absolute Gasteiger partial charge is 0.330 e. The zero-order valence-electron chi connectivity index (χ0n) is 10.9. The van der Waals surface area contributed by atoms with Crippen LogP contribution in [0.5, 0.6) is 0 Å². The van der Waals surface area contributed by atoms with Crippen LogP contribution in [0.2, 0.25) is 0 Å². The van der Waals surface area contributed by atoms with E-state index in [1.807, 2.05) is 11.8 Å². The summed E-state index contributed by atoms with van der Waals surface area (Å²) >= 11 is 1.92. The zero-order chi connectivity index (χ0) is 11.7. The maximum absolute atomic E-state index is 5.70. The van der Waals surface area contributed by atoms with Gasteiger partial charge in [0.1, 0.15) is 0 Å². The van der Waals surface area contributed by atoms with E-state index < -0.39 is 0 Å². The fourth-order valence-electron chi connectivity index (χ4n) is 1.45. The van der Waals surface area contributed by atoms with Gasteiger partial charge in [0, 0.05) is 12.3 Å². The van der Waals surface area contributed by atoms with Gasteiger partial charge in [-0.1, -0.05) is 20.3 Å². The van der Waals surface area contributed by atoms with Crippen LogP contribution in [-0.4, -0.2) is 43.6 Å². The van der Waals surface area contributed by atoms with Crippen molar-refractivity contribution in [3.63, 3.8) is 0 Å². The van der Waals surface area contributed by atoms with E-state index in [2.05, 4.69) is 32.1 Å². The Morgan fingerprint density at radius 3 is 2.40 bits per heavy atom. The average Bonchev–Trinajstić information content (AvgIpc) is 2.21. The quantitative estimate of drug-likeness (QED) is 0.619. The Morgan fingerprint density at radius 1 is 1.20 bits per heavy atom. The highest BCUT2D eigenvalue weighted by atomic mass is 32.2. The molecule has 0 aromatic rings. The Morgan fingerprint density at radius 2 is 1.87 bits per heavy atom. The van der Waals surface area contributed by atoms with Crippen LogP contribution in [0.15, 0.2) is 0 Å². The Bertz CT molecular complexity index is 149. The maximum Gasteiger partial charge on any atom is 0.00692 e. The average molecular weight is 232 g/mol. The molecule has 0 amide bonds. The Labute approximate surface area is 100.0 Å². The highest BCUT2D eigenvalue weighted by Gasteiger charge is 2.14. The third kappa shape index (κ3) is 9.21. The topological polar surface area (TPSA) is 29.3 Å². The van der Waals surface area contributed by atoms with Crippen LogP contribution < -0.4 is 5.73 Å². The smallest absolute Gasteiger partial charge is 0.00692 e. The van der Waals surface area contributed by atoms with E-state index in [1.54, 1.807) is 0 Å². The zero-order valence-corrected chi connectivity index (χ0v) is 11.7. The van der Waals surface area contributed by atoms with Crippen LogP contribution >= 0.6 is 11.8 Å². The molecule has 2 N–H and O–H groups in total. The van der Waals surface area contributed by atoms with E-state index in [-0.39, 0.29) is 0 Å². The van der Waals surface area contributed by atoms with Crippen molar-refractivity contribution < 1.29 is 0 Å². The minimum atomic E-state index is 0.331. The second kappa shape index (κ2) is 8.43. The monoisotopic (exact) mass is 232 g/mol. The molecular weight excluding hydrogens is 204 g/mol. The molecule has 92 valence electrons. The molecule has 0 rings (SSSR count). The fraction of sp³-hybridized carbons (Fsp3) is 1.00. The second-order valence-electron chi connectivity index (χ2n) is 5.12. The number of hydrogen-bond donors (Lipinski definition) is 1. The minimum absolute atomic E-state index is 0.331. The first-order valence-electron chi connectivity index (χ1n) is 5.89. The first-order chi connectivity index (χ1) is 7.02. The van der Waals surface area contributed by atoms with Crippen molar-refractivity contribution in [2.45, 2.75) is 33.1 Å². The first-order valence-corrected chi connectivity index (χ1v) is 7.29. The molecule has 0 aliphatic carbocycles. The van der Waals surface area contributed by atoms with Crippen molar-refractivity contribution in [2.24, 2.45) is 11.1 Å². The van der Waals surface area contributed by atoms with Gasteiger partial charge in [-0.05, 0) is 44.6 Å². The SMILES string of the molecule is CSCCN(C)CCCCC(C)(C)CN. The van der Waals surface area contributed by atoms with Crippen molar-refractivity contribution in [3.8, 4) is 0 Å². The lowest BCUT2D eigenvalue weighted by Gasteiger charge is -2.23. The van der Waals surface area contributed by atoms with E-state index in [1.165, 1.54) is 38.1 Å². The van der Waals surface area contributed by atoms with Gasteiger partial charge in [-0.15, -0.1) is 0 Å². The number of unbranched alkanes of at least 4 members (excludes halogenated alkanes) is 1. The van der Waals surface area contributed by atoms with Crippen molar-refractivity contribution in [1.82, 2.24) is 4.90 Å². The Kier molecular flexibility index (Phi) is 8.58. The van der Waals surface area contributed by atoms with E-state index in [0.29, 0.717) is 5.41 Å². The molecule has 0 aliphatic rings. The van der Waals surface area contributed by atoms with Gasteiger partial charge in [-0.2, -0.15) is 11.8 Å². The summed E-state index contributed by atoms with van der Waals surface area (Å²) in [6, 6.07) is 0. The predicted octanol–water partition coefficient (Wildman–Crippen LogP) is 2.44. The van der Waals surface area contributed by atoms with Crippen molar-refractivity contribution in [2.75, 3.05) is 38.7 Å². The predicted molar refractivity (Wildman–Crippen MR) is 72.6 cm³/mol. The molecule has 0 fully saturated rings. The summed E-state index contributed by atoms with van der Waals surface area (Å²) in [6.07, 6.45) is 6.01. The first kappa shape index (κ1) is 15.3. The lowest BCUT2D eigenvalue weighted by Crippen LogP contribution is -2.25. The minimum Gasteiger partial charge on any atom is -0.330 e. The molecular formula is C12H28N2S. The number of hydrogen-bond acceptors (Lipinski definition) is 3. The van der Waals surface area contributed by atoms with Gasteiger partial charge in [0.2, 0.25) is 0 Å². The van der Waals surface area contributed by atoms with Gasteiger partial charge in [0.05, 0.1) is 0 Å². The summed E-state index contributed by atoms with van der Waals surface area (Å²) in [7, 11) is 2.21. The molecule has 15 heavy (non-hydrogen) atoms. The summed E-state index contributed by atoms with van der Waals surface area (Å²) in [5.74, 6) is 1.24. The summed E-state index contributed by atoms with van der Waals surface area (Å²) in [5, 5.41) is 0. The fourth-order valence-corrected chi connectivity index (χ4v) is 1.94. The molecule has 0 aromatic heterocycles. The molecule has 3 heteroatoms. The van der Waals surface area contributed by atoms with Gasteiger partial charge < -0.3 is 10.6 Å². The lowest BCUT2D eigenvalue weighted by molar-refractivity contribution is 0.302. The summed E-state index contributed by atoms with van der Waals surface area (Å²) in [6.45, 7) is 7.74. The number of nitrogens with zero attached hydrogens (tertiary/aromatic N) is 1. The van der Waals surface area contributed by atoms with Crippen LogP contribution in [0.1, 0.15) is 33.1 Å². The molecule has 0 saturated carbocycles. The molecule has 0 heterocycles. The van der Waals surface area contributed by atoms with Crippen molar-refractivity contribution in [1.29, 1.82) is 0 Å². The highest BCUT2D eigenvalue weighted by molar-refractivity contribution is 7.98. The number of thioether (sulfide) groups is 1. The van der Waals surface area contributed by atoms with E-state index in [0.717, 1.165) is 6.54 Å². The molecule has 0 spiro atoms. The van der Waals surface area contributed by atoms with Crippen LogP contribution in [0.4, 0.5) is 0 Å². The maximum atomic E-state index is 5.70. The summed E-state index contributed by atoms with van der Waals surface area (Å²) < 4.78 is 0. The molecule has 0 aliphatic heterocycles. The van der Waals surface area contributed by atoms with E-state index in [4.69, 9.17) is 5.73 Å². The molecule has 0 saturated heterocycles. The summed E-state index contributed by atoms with van der Waals surface area (Å²) in [4.78, 5) is 2.42. The summed E-state index contributed by atoms with van der Waals surface area (Å²) in [5.41, 5.74) is 6.03. The van der Waals surface area contributed by atoms with E-state index >= 15 is 0 Å². The molecule has 0 radical (unpaired) electrons. The third-order valence-electron chi connectivity index (χ3n) is 2.87. The van der Waals surface area contributed by atoms with Gasteiger partial charge in [-0.3, -0.25) is 0 Å². The molecule has 2 nitrogen and oxygen atoms in total.